The van der Waals surface area contributed by atoms with Gasteiger partial charge in [0.05, 0.1) is 22.0 Å². The number of amides is 1. The van der Waals surface area contributed by atoms with Crippen LogP contribution in [0.1, 0.15) is 91.4 Å². The number of carbonyl (C=O) groups is 1. The van der Waals surface area contributed by atoms with Crippen molar-refractivity contribution in [1.29, 1.82) is 0 Å². The predicted octanol–water partition coefficient (Wildman–Crippen LogP) is 1.09. The number of aliphatic hydroxyl groups excluding tert-OH is 1. The van der Waals surface area contributed by atoms with E-state index in [1.54, 1.807) is 0 Å². The molecular weight excluding hydrogens is 461 g/mol. The van der Waals surface area contributed by atoms with Gasteiger partial charge in [-0.2, -0.15) is 0 Å². The molecule has 34 heavy (non-hydrogen) atoms. The fourth-order valence-electron chi connectivity index (χ4n) is 9.17. The third kappa shape index (κ3) is 5.75. The Balaban J connectivity index is 0.00000324. The second kappa shape index (κ2) is 11.0. The molecule has 4 saturated carbocycles. The van der Waals surface area contributed by atoms with Crippen molar-refractivity contribution in [3.05, 3.63) is 0 Å². The van der Waals surface area contributed by atoms with Gasteiger partial charge in [-0.1, -0.05) is 20.8 Å². The first-order chi connectivity index (χ1) is 15.4. The summed E-state index contributed by atoms with van der Waals surface area (Å²) in [6.07, 6.45) is 12.0. The number of aliphatic hydroxyl groups is 1. The van der Waals surface area contributed by atoms with Crippen molar-refractivity contribution in [2.75, 3.05) is 12.3 Å². The van der Waals surface area contributed by atoms with Crippen LogP contribution in [0.15, 0.2) is 0 Å². The van der Waals surface area contributed by atoms with Crippen molar-refractivity contribution in [2.24, 2.45) is 46.3 Å². The van der Waals surface area contributed by atoms with Crippen LogP contribution in [0.3, 0.4) is 0 Å². The minimum absolute atomic E-state index is 0. The van der Waals surface area contributed by atoms with E-state index in [4.69, 9.17) is 0 Å². The molecule has 0 aromatic carbocycles. The van der Waals surface area contributed by atoms with Crippen molar-refractivity contribution in [2.45, 2.75) is 97.5 Å². The number of fused-ring (bicyclic) bond motifs is 5. The molecule has 1 amide bonds. The molecule has 0 bridgehead atoms. The molecule has 0 spiro atoms. The normalized spacial score (nSPS) is 42.5. The number of rotatable bonds is 7. The first kappa shape index (κ1) is 28.9. The second-order valence-electron chi connectivity index (χ2n) is 12.4. The van der Waals surface area contributed by atoms with E-state index in [0.717, 1.165) is 37.0 Å². The summed E-state index contributed by atoms with van der Waals surface area (Å²) in [5.74, 6) is 3.49. The molecule has 4 aliphatic rings. The van der Waals surface area contributed by atoms with Gasteiger partial charge in [0, 0.05) is 13.0 Å². The molecule has 0 heterocycles. The van der Waals surface area contributed by atoms with Crippen LogP contribution in [0.25, 0.3) is 0 Å². The third-order valence-corrected chi connectivity index (χ3v) is 11.6. The Bertz CT molecular complexity index is 837. The van der Waals surface area contributed by atoms with E-state index in [-0.39, 0.29) is 48.1 Å². The SMILES string of the molecule is C[C@H](CCC(=O)NCCS(=O)(=O)[O-])[C@H]1CCC2C3CC[C@@H]4C[C@H](O)CC[C@]4(C)C3CC[C@@]21C.[Na+]. The van der Waals surface area contributed by atoms with E-state index in [1.807, 2.05) is 0 Å². The molecule has 9 atom stereocenters. The average molecular weight is 506 g/mol. The molecule has 8 heteroatoms. The zero-order valence-corrected chi connectivity index (χ0v) is 24.5. The molecule has 3 unspecified atom stereocenters. The fraction of sp³-hybridized carbons (Fsp3) is 0.962. The molecular formula is C26H44NNaO5S. The number of hydrogen-bond donors (Lipinski definition) is 2. The van der Waals surface area contributed by atoms with Crippen molar-refractivity contribution in [3.63, 3.8) is 0 Å². The second-order valence-corrected chi connectivity index (χ2v) is 14.0. The fourth-order valence-corrected chi connectivity index (χ4v) is 9.53. The van der Waals surface area contributed by atoms with Gasteiger partial charge >= 0.3 is 29.6 Å². The average Bonchev–Trinajstić information content (AvgIpc) is 3.09. The Hall–Kier alpha value is 0.340. The van der Waals surface area contributed by atoms with Crippen LogP contribution >= 0.6 is 0 Å². The summed E-state index contributed by atoms with van der Waals surface area (Å²) in [7, 11) is -4.29. The summed E-state index contributed by atoms with van der Waals surface area (Å²) in [4.78, 5) is 12.2. The Morgan fingerprint density at radius 3 is 2.44 bits per heavy atom. The molecule has 190 valence electrons. The minimum atomic E-state index is -4.29. The van der Waals surface area contributed by atoms with Crippen LogP contribution in [0.4, 0.5) is 0 Å². The Morgan fingerprint density at radius 1 is 1.06 bits per heavy atom. The zero-order valence-electron chi connectivity index (χ0n) is 21.7. The van der Waals surface area contributed by atoms with Crippen molar-refractivity contribution in [1.82, 2.24) is 5.32 Å². The van der Waals surface area contributed by atoms with Crippen LogP contribution in [0.5, 0.6) is 0 Å². The monoisotopic (exact) mass is 505 g/mol. The van der Waals surface area contributed by atoms with E-state index in [1.165, 1.54) is 44.9 Å². The van der Waals surface area contributed by atoms with E-state index in [0.29, 0.717) is 35.0 Å². The van der Waals surface area contributed by atoms with Gasteiger partial charge in [0.15, 0.2) is 0 Å². The molecule has 0 aromatic heterocycles. The Morgan fingerprint density at radius 2 is 1.74 bits per heavy atom. The van der Waals surface area contributed by atoms with E-state index in [9.17, 15) is 22.9 Å². The first-order valence-electron chi connectivity index (χ1n) is 13.3. The molecule has 0 saturated heterocycles. The topological polar surface area (TPSA) is 107 Å². The summed E-state index contributed by atoms with van der Waals surface area (Å²) in [6, 6.07) is 0. The Labute approximate surface area is 228 Å². The van der Waals surface area contributed by atoms with Crippen LogP contribution in [-0.2, 0) is 14.9 Å². The molecule has 4 fully saturated rings. The zero-order chi connectivity index (χ0) is 24.0. The van der Waals surface area contributed by atoms with Crippen LogP contribution < -0.4 is 34.9 Å². The van der Waals surface area contributed by atoms with Gasteiger partial charge in [0.2, 0.25) is 5.91 Å². The van der Waals surface area contributed by atoms with Gasteiger partial charge in [0.25, 0.3) is 0 Å². The summed E-state index contributed by atoms with van der Waals surface area (Å²) in [5.41, 5.74) is 0.758. The van der Waals surface area contributed by atoms with Crippen molar-refractivity contribution in [3.8, 4) is 0 Å². The molecule has 2 N–H and O–H groups in total. The molecule has 0 aromatic rings. The van der Waals surface area contributed by atoms with Gasteiger partial charge in [0.1, 0.15) is 0 Å². The van der Waals surface area contributed by atoms with Crippen LogP contribution in [-0.4, -0.2) is 42.4 Å². The number of hydrogen-bond acceptors (Lipinski definition) is 5. The quantitative estimate of drug-likeness (QED) is 0.398. The summed E-state index contributed by atoms with van der Waals surface area (Å²) in [6.45, 7) is 7.26. The van der Waals surface area contributed by atoms with E-state index in [2.05, 4.69) is 26.1 Å². The minimum Gasteiger partial charge on any atom is -0.748 e. The van der Waals surface area contributed by atoms with Crippen LogP contribution in [0, 0.1) is 46.3 Å². The van der Waals surface area contributed by atoms with Gasteiger partial charge in [-0.05, 0) is 111 Å². The molecule has 6 nitrogen and oxygen atoms in total. The van der Waals surface area contributed by atoms with Crippen molar-refractivity contribution < 1.29 is 52.4 Å². The number of carbonyl (C=O) groups excluding carboxylic acids is 1. The number of nitrogens with one attached hydrogen (secondary N) is 1. The smallest absolute Gasteiger partial charge is 0.748 e. The first-order valence-corrected chi connectivity index (χ1v) is 14.9. The summed E-state index contributed by atoms with van der Waals surface area (Å²) >= 11 is 0. The Kier molecular flexibility index (Phi) is 9.34. The summed E-state index contributed by atoms with van der Waals surface area (Å²) in [5, 5.41) is 12.8. The van der Waals surface area contributed by atoms with E-state index < -0.39 is 15.9 Å². The third-order valence-electron chi connectivity index (χ3n) is 10.9. The van der Waals surface area contributed by atoms with E-state index >= 15 is 0 Å². The molecule has 0 radical (unpaired) electrons. The molecule has 0 aliphatic heterocycles. The standard InChI is InChI=1S/C26H45NO5S.Na/c1-17(4-9-24(29)27-14-15-33(30,31)32)21-7-8-22-20-6-5-18-16-19(28)10-12-25(18,2)23(20)11-13-26(21,22)3;/h17-23,28H,4-16H2,1-3H3,(H,27,29)(H,30,31,32);/q;+1/p-1/t17-,18-,19-,20?,21-,22?,23?,25+,26-;/m1./s1. The summed E-state index contributed by atoms with van der Waals surface area (Å²) < 4.78 is 32.1. The van der Waals surface area contributed by atoms with Gasteiger partial charge < -0.3 is 15.0 Å². The maximum Gasteiger partial charge on any atom is 1.00 e. The molecule has 4 aliphatic carbocycles. The maximum atomic E-state index is 12.2. The van der Waals surface area contributed by atoms with Gasteiger partial charge in [-0.15, -0.1) is 0 Å². The molecule has 4 rings (SSSR count). The van der Waals surface area contributed by atoms with Crippen molar-refractivity contribution >= 4 is 16.0 Å². The maximum absolute atomic E-state index is 12.2. The van der Waals surface area contributed by atoms with Gasteiger partial charge in [-0.3, -0.25) is 4.79 Å². The van der Waals surface area contributed by atoms with Crippen LogP contribution in [0.2, 0.25) is 0 Å². The predicted molar refractivity (Wildman–Crippen MR) is 127 cm³/mol. The van der Waals surface area contributed by atoms with Gasteiger partial charge in [-0.25, -0.2) is 8.42 Å². The largest absolute Gasteiger partial charge is 1.00 e.